The minimum atomic E-state index is -0.338. The summed E-state index contributed by atoms with van der Waals surface area (Å²) in [5.74, 6) is 1.61. The van der Waals surface area contributed by atoms with Crippen molar-refractivity contribution in [1.82, 2.24) is 5.32 Å². The van der Waals surface area contributed by atoms with Crippen LogP contribution in [0.4, 0.5) is 0 Å². The van der Waals surface area contributed by atoms with Crippen molar-refractivity contribution in [3.05, 3.63) is 0 Å². The van der Waals surface area contributed by atoms with E-state index in [9.17, 15) is 4.79 Å². The summed E-state index contributed by atoms with van der Waals surface area (Å²) in [5, 5.41) is 3.00. The van der Waals surface area contributed by atoms with Gasteiger partial charge in [0.05, 0.1) is 6.04 Å². The first-order valence-corrected chi connectivity index (χ1v) is 7.43. The summed E-state index contributed by atoms with van der Waals surface area (Å²) in [6.45, 7) is 5.26. The zero-order valence-corrected chi connectivity index (χ0v) is 11.4. The Bertz CT molecular complexity index is 239. The smallest absolute Gasteiger partial charge is 0.236 e. The van der Waals surface area contributed by atoms with Gasteiger partial charge in [0, 0.05) is 6.54 Å². The highest BCUT2D eigenvalue weighted by Gasteiger charge is 2.45. The lowest BCUT2D eigenvalue weighted by atomic mass is 9.92. The fourth-order valence-electron chi connectivity index (χ4n) is 1.89. The topological polar surface area (TPSA) is 55.1 Å². The van der Waals surface area contributed by atoms with Crippen molar-refractivity contribution < 1.29 is 4.79 Å². The molecule has 0 unspecified atom stereocenters. The molecule has 0 saturated heterocycles. The van der Waals surface area contributed by atoms with Gasteiger partial charge in [-0.25, -0.2) is 0 Å². The van der Waals surface area contributed by atoms with Gasteiger partial charge in [-0.2, -0.15) is 11.8 Å². The van der Waals surface area contributed by atoms with Crippen molar-refractivity contribution >= 4 is 17.7 Å². The van der Waals surface area contributed by atoms with E-state index in [1.54, 1.807) is 11.8 Å². The van der Waals surface area contributed by atoms with Crippen molar-refractivity contribution in [2.24, 2.45) is 17.1 Å². The molecule has 0 spiro atoms. The van der Waals surface area contributed by atoms with Crippen LogP contribution < -0.4 is 11.1 Å². The van der Waals surface area contributed by atoms with Gasteiger partial charge in [0.2, 0.25) is 5.91 Å². The SMILES string of the molecule is CSCC[C@H](N)C(=O)NCC1(C(C)C)CC1. The predicted octanol–water partition coefficient (Wildman–Crippen LogP) is 1.62. The molecular formula is C12H24N2OS. The van der Waals surface area contributed by atoms with E-state index < -0.39 is 0 Å². The number of nitrogens with two attached hydrogens (primary N) is 1. The first-order chi connectivity index (χ1) is 7.52. The predicted molar refractivity (Wildman–Crippen MR) is 70.5 cm³/mol. The van der Waals surface area contributed by atoms with Gasteiger partial charge >= 0.3 is 0 Å². The summed E-state index contributed by atoms with van der Waals surface area (Å²) in [4.78, 5) is 11.7. The Hall–Kier alpha value is -0.220. The number of amides is 1. The lowest BCUT2D eigenvalue weighted by Gasteiger charge is -2.21. The minimum Gasteiger partial charge on any atom is -0.354 e. The van der Waals surface area contributed by atoms with Crippen LogP contribution in [0.1, 0.15) is 33.1 Å². The molecule has 0 bridgehead atoms. The standard InChI is InChI=1S/C12H24N2OS/c1-9(2)12(5-6-12)8-14-11(15)10(13)4-7-16-3/h9-10H,4-8,13H2,1-3H3,(H,14,15)/t10-/m0/s1. The first kappa shape index (κ1) is 13.8. The molecule has 1 rings (SSSR count). The van der Waals surface area contributed by atoms with Crippen LogP contribution in [0.2, 0.25) is 0 Å². The third kappa shape index (κ3) is 3.67. The van der Waals surface area contributed by atoms with Gasteiger partial charge in [-0.3, -0.25) is 4.79 Å². The van der Waals surface area contributed by atoms with E-state index in [0.29, 0.717) is 11.3 Å². The van der Waals surface area contributed by atoms with E-state index in [1.807, 2.05) is 6.26 Å². The maximum atomic E-state index is 11.7. The fourth-order valence-corrected chi connectivity index (χ4v) is 2.38. The molecule has 1 aliphatic rings. The Morgan fingerprint density at radius 3 is 2.56 bits per heavy atom. The molecule has 1 aliphatic carbocycles. The molecule has 94 valence electrons. The van der Waals surface area contributed by atoms with Crippen LogP contribution in [0.3, 0.4) is 0 Å². The Balaban J connectivity index is 2.24. The lowest BCUT2D eigenvalue weighted by Crippen LogP contribution is -2.43. The van der Waals surface area contributed by atoms with Gasteiger partial charge < -0.3 is 11.1 Å². The molecule has 16 heavy (non-hydrogen) atoms. The summed E-state index contributed by atoms with van der Waals surface area (Å²) >= 11 is 1.73. The van der Waals surface area contributed by atoms with Crippen LogP contribution in [0.5, 0.6) is 0 Å². The second kappa shape index (κ2) is 5.92. The summed E-state index contributed by atoms with van der Waals surface area (Å²) in [6.07, 6.45) is 5.28. The van der Waals surface area contributed by atoms with E-state index in [1.165, 1.54) is 12.8 Å². The van der Waals surface area contributed by atoms with Crippen molar-refractivity contribution in [2.75, 3.05) is 18.6 Å². The normalized spacial score (nSPS) is 19.6. The lowest BCUT2D eigenvalue weighted by molar-refractivity contribution is -0.122. The van der Waals surface area contributed by atoms with Crippen LogP contribution in [0, 0.1) is 11.3 Å². The molecule has 3 N–H and O–H groups in total. The van der Waals surface area contributed by atoms with Gasteiger partial charge in [-0.05, 0) is 42.6 Å². The molecule has 0 aromatic heterocycles. The Labute approximate surface area is 103 Å². The maximum Gasteiger partial charge on any atom is 0.236 e. The zero-order valence-electron chi connectivity index (χ0n) is 10.6. The molecule has 4 heteroatoms. The van der Waals surface area contributed by atoms with Crippen LogP contribution in [-0.2, 0) is 4.79 Å². The Kier molecular flexibility index (Phi) is 5.12. The molecule has 1 atom stereocenters. The first-order valence-electron chi connectivity index (χ1n) is 6.04. The molecule has 0 aromatic rings. The van der Waals surface area contributed by atoms with E-state index in [-0.39, 0.29) is 11.9 Å². The van der Waals surface area contributed by atoms with Crippen LogP contribution >= 0.6 is 11.8 Å². The number of nitrogens with one attached hydrogen (secondary N) is 1. The number of thioether (sulfide) groups is 1. The molecule has 0 radical (unpaired) electrons. The second-order valence-electron chi connectivity index (χ2n) is 5.12. The molecule has 3 nitrogen and oxygen atoms in total. The van der Waals surface area contributed by atoms with Crippen LogP contribution in [0.25, 0.3) is 0 Å². The number of carbonyl (C=O) groups is 1. The van der Waals surface area contributed by atoms with Crippen LogP contribution in [-0.4, -0.2) is 30.5 Å². The van der Waals surface area contributed by atoms with E-state index >= 15 is 0 Å². The molecule has 0 aromatic carbocycles. The zero-order chi connectivity index (χ0) is 12.2. The number of carbonyl (C=O) groups excluding carboxylic acids is 1. The molecular weight excluding hydrogens is 220 g/mol. The Morgan fingerprint density at radius 2 is 2.12 bits per heavy atom. The largest absolute Gasteiger partial charge is 0.354 e. The molecule has 1 fully saturated rings. The van der Waals surface area contributed by atoms with Gasteiger partial charge in [0.25, 0.3) is 0 Å². The highest BCUT2D eigenvalue weighted by atomic mass is 32.2. The summed E-state index contributed by atoms with van der Waals surface area (Å²) < 4.78 is 0. The van der Waals surface area contributed by atoms with Gasteiger partial charge in [0.15, 0.2) is 0 Å². The van der Waals surface area contributed by atoms with Crippen molar-refractivity contribution in [1.29, 1.82) is 0 Å². The molecule has 1 amide bonds. The monoisotopic (exact) mass is 244 g/mol. The molecule has 0 heterocycles. The number of hydrogen-bond acceptors (Lipinski definition) is 3. The van der Waals surface area contributed by atoms with Crippen molar-refractivity contribution in [3.8, 4) is 0 Å². The minimum absolute atomic E-state index is 0.0148. The van der Waals surface area contributed by atoms with E-state index in [0.717, 1.165) is 18.7 Å². The highest BCUT2D eigenvalue weighted by Crippen LogP contribution is 2.51. The fraction of sp³-hybridized carbons (Fsp3) is 0.917. The number of hydrogen-bond donors (Lipinski definition) is 2. The second-order valence-corrected chi connectivity index (χ2v) is 6.11. The van der Waals surface area contributed by atoms with Crippen LogP contribution in [0.15, 0.2) is 0 Å². The maximum absolute atomic E-state index is 11.7. The van der Waals surface area contributed by atoms with Crippen molar-refractivity contribution in [3.63, 3.8) is 0 Å². The third-order valence-electron chi connectivity index (χ3n) is 3.70. The van der Waals surface area contributed by atoms with Gasteiger partial charge in [-0.15, -0.1) is 0 Å². The summed E-state index contributed by atoms with van der Waals surface area (Å²) in [7, 11) is 0. The molecule has 1 saturated carbocycles. The van der Waals surface area contributed by atoms with E-state index in [4.69, 9.17) is 5.73 Å². The molecule has 0 aliphatic heterocycles. The third-order valence-corrected chi connectivity index (χ3v) is 4.35. The van der Waals surface area contributed by atoms with Gasteiger partial charge in [-0.1, -0.05) is 13.8 Å². The summed E-state index contributed by atoms with van der Waals surface area (Å²) in [6, 6.07) is -0.338. The Morgan fingerprint density at radius 1 is 1.50 bits per heavy atom. The quantitative estimate of drug-likeness (QED) is 0.715. The van der Waals surface area contributed by atoms with Crippen molar-refractivity contribution in [2.45, 2.75) is 39.2 Å². The number of rotatable bonds is 7. The highest BCUT2D eigenvalue weighted by molar-refractivity contribution is 7.98. The summed E-state index contributed by atoms with van der Waals surface area (Å²) in [5.41, 5.74) is 6.17. The van der Waals surface area contributed by atoms with Gasteiger partial charge in [0.1, 0.15) is 0 Å². The average molecular weight is 244 g/mol. The average Bonchev–Trinajstić information content (AvgIpc) is 3.03. The van der Waals surface area contributed by atoms with E-state index in [2.05, 4.69) is 19.2 Å².